The van der Waals surface area contributed by atoms with Crippen molar-refractivity contribution in [3.8, 4) is 0 Å². The highest BCUT2D eigenvalue weighted by Gasteiger charge is 1.94. The van der Waals surface area contributed by atoms with Crippen molar-refractivity contribution >= 4 is 11.8 Å². The lowest BCUT2D eigenvalue weighted by Crippen LogP contribution is -2.05. The third-order valence-corrected chi connectivity index (χ3v) is 1.17. The Balaban J connectivity index is 2.00. The molecule has 3 heteroatoms. The van der Waals surface area contributed by atoms with E-state index in [0.29, 0.717) is 6.79 Å². The first-order valence-corrected chi connectivity index (χ1v) is 2.89. The maximum Gasteiger partial charge on any atom is 0.148 e. The standard InChI is InChI=1S/C3H6O2S/c1-4-2-6-3-5-1/h1-3H2. The molecule has 1 fully saturated rings. The van der Waals surface area contributed by atoms with Gasteiger partial charge in [-0.05, 0) is 0 Å². The molecule has 0 bridgehead atoms. The molecule has 1 heterocycles. The fourth-order valence-corrected chi connectivity index (χ4v) is 0.719. The summed E-state index contributed by atoms with van der Waals surface area (Å²) >= 11 is 1.65. The smallest absolute Gasteiger partial charge is 0.148 e. The lowest BCUT2D eigenvalue weighted by atomic mass is 11.3. The maximum absolute atomic E-state index is 4.81. The van der Waals surface area contributed by atoms with E-state index in [9.17, 15) is 0 Å². The van der Waals surface area contributed by atoms with E-state index in [1.165, 1.54) is 0 Å². The molecule has 0 amide bonds. The molecule has 0 spiro atoms. The Bertz CT molecular complexity index is 24.3. The molecule has 6 heavy (non-hydrogen) atoms. The van der Waals surface area contributed by atoms with Gasteiger partial charge in [-0.25, -0.2) is 0 Å². The Kier molecular flexibility index (Phi) is 1.80. The number of thioether (sulfide) groups is 1. The van der Waals surface area contributed by atoms with Crippen molar-refractivity contribution in [1.82, 2.24) is 0 Å². The summed E-state index contributed by atoms with van der Waals surface area (Å²) in [6, 6.07) is 0. The average Bonchev–Trinajstić information content (AvgIpc) is 1.72. The molecule has 0 aromatic heterocycles. The fourth-order valence-electron chi connectivity index (χ4n) is 0.279. The van der Waals surface area contributed by atoms with Crippen LogP contribution in [0.3, 0.4) is 0 Å². The second-order valence-corrected chi connectivity index (χ2v) is 1.85. The molecule has 0 unspecified atom stereocenters. The largest absolute Gasteiger partial charge is 0.345 e. The minimum Gasteiger partial charge on any atom is -0.345 e. The normalized spacial score (nSPS) is 24.0. The first-order valence-electron chi connectivity index (χ1n) is 1.73. The second kappa shape index (κ2) is 2.44. The zero-order valence-electron chi connectivity index (χ0n) is 3.35. The molecule has 0 aromatic carbocycles. The summed E-state index contributed by atoms with van der Waals surface area (Å²) in [5.74, 6) is 1.58. The highest BCUT2D eigenvalue weighted by Crippen LogP contribution is 2.05. The van der Waals surface area contributed by atoms with Crippen LogP contribution in [0.2, 0.25) is 0 Å². The van der Waals surface area contributed by atoms with Crippen molar-refractivity contribution in [2.45, 2.75) is 0 Å². The van der Waals surface area contributed by atoms with Crippen molar-refractivity contribution in [2.24, 2.45) is 0 Å². The molecule has 1 aliphatic heterocycles. The summed E-state index contributed by atoms with van der Waals surface area (Å²) in [7, 11) is 0. The summed E-state index contributed by atoms with van der Waals surface area (Å²) in [5.41, 5.74) is 0. The summed E-state index contributed by atoms with van der Waals surface area (Å²) in [6.45, 7) is 0.479. The van der Waals surface area contributed by atoms with Crippen molar-refractivity contribution in [1.29, 1.82) is 0 Å². The fraction of sp³-hybridized carbons (Fsp3) is 1.00. The molecule has 1 saturated heterocycles. The average molecular weight is 106 g/mol. The van der Waals surface area contributed by atoms with Crippen LogP contribution in [0.4, 0.5) is 0 Å². The van der Waals surface area contributed by atoms with Gasteiger partial charge in [0.25, 0.3) is 0 Å². The van der Waals surface area contributed by atoms with Crippen molar-refractivity contribution < 1.29 is 9.47 Å². The Labute approximate surface area is 40.8 Å². The Morgan fingerprint density at radius 1 is 1.17 bits per heavy atom. The molecular formula is C3H6O2S. The number of ether oxygens (including phenoxy) is 2. The van der Waals surface area contributed by atoms with Crippen LogP contribution in [0.25, 0.3) is 0 Å². The van der Waals surface area contributed by atoms with E-state index in [2.05, 4.69) is 0 Å². The summed E-state index contributed by atoms with van der Waals surface area (Å²) in [5, 5.41) is 0. The minimum absolute atomic E-state index is 0.479. The lowest BCUT2D eigenvalue weighted by Gasteiger charge is -2.09. The van der Waals surface area contributed by atoms with Gasteiger partial charge >= 0.3 is 0 Å². The van der Waals surface area contributed by atoms with Crippen LogP contribution < -0.4 is 0 Å². The molecule has 0 aromatic rings. The Morgan fingerprint density at radius 2 is 1.83 bits per heavy atom. The molecule has 36 valence electrons. The van der Waals surface area contributed by atoms with E-state index in [1.807, 2.05) is 0 Å². The van der Waals surface area contributed by atoms with Gasteiger partial charge in [-0.3, -0.25) is 0 Å². The van der Waals surface area contributed by atoms with Crippen LogP contribution in [0.1, 0.15) is 0 Å². The predicted molar refractivity (Wildman–Crippen MR) is 24.4 cm³/mol. The zero-order valence-corrected chi connectivity index (χ0v) is 4.16. The molecule has 0 atom stereocenters. The van der Waals surface area contributed by atoms with Crippen molar-refractivity contribution in [3.05, 3.63) is 0 Å². The van der Waals surface area contributed by atoms with E-state index < -0.39 is 0 Å². The molecule has 0 radical (unpaired) electrons. The molecular weight excluding hydrogens is 100 g/mol. The zero-order chi connectivity index (χ0) is 4.24. The molecule has 0 aliphatic carbocycles. The summed E-state index contributed by atoms with van der Waals surface area (Å²) in [4.78, 5) is 0. The van der Waals surface area contributed by atoms with Crippen LogP contribution >= 0.6 is 11.8 Å². The van der Waals surface area contributed by atoms with E-state index in [0.717, 1.165) is 11.9 Å². The van der Waals surface area contributed by atoms with Gasteiger partial charge in [-0.15, -0.1) is 11.8 Å². The minimum atomic E-state index is 0.479. The number of rotatable bonds is 0. The molecule has 0 saturated carbocycles. The quantitative estimate of drug-likeness (QED) is 0.451. The van der Waals surface area contributed by atoms with E-state index >= 15 is 0 Å². The summed E-state index contributed by atoms with van der Waals surface area (Å²) in [6.07, 6.45) is 0. The molecule has 2 nitrogen and oxygen atoms in total. The van der Waals surface area contributed by atoms with Crippen LogP contribution in [-0.2, 0) is 9.47 Å². The van der Waals surface area contributed by atoms with Gasteiger partial charge in [0.1, 0.15) is 6.79 Å². The Morgan fingerprint density at radius 3 is 2.00 bits per heavy atom. The van der Waals surface area contributed by atoms with Gasteiger partial charge < -0.3 is 9.47 Å². The molecule has 1 aliphatic rings. The van der Waals surface area contributed by atoms with E-state index in [4.69, 9.17) is 9.47 Å². The number of hydrogen-bond acceptors (Lipinski definition) is 3. The van der Waals surface area contributed by atoms with E-state index in [-0.39, 0.29) is 0 Å². The first kappa shape index (κ1) is 4.43. The Hall–Kier alpha value is 0.270. The third-order valence-electron chi connectivity index (χ3n) is 0.500. The molecule has 0 N–H and O–H groups in total. The third kappa shape index (κ3) is 1.16. The monoisotopic (exact) mass is 106 g/mol. The van der Waals surface area contributed by atoms with Crippen LogP contribution in [-0.4, -0.2) is 18.7 Å². The van der Waals surface area contributed by atoms with Gasteiger partial charge in [0.15, 0.2) is 0 Å². The van der Waals surface area contributed by atoms with Crippen LogP contribution in [0.15, 0.2) is 0 Å². The van der Waals surface area contributed by atoms with E-state index in [1.54, 1.807) is 11.8 Å². The van der Waals surface area contributed by atoms with Gasteiger partial charge in [0.05, 0.1) is 11.9 Å². The number of hydrogen-bond donors (Lipinski definition) is 0. The lowest BCUT2D eigenvalue weighted by molar-refractivity contribution is -0.0295. The van der Waals surface area contributed by atoms with Gasteiger partial charge in [0, 0.05) is 0 Å². The maximum atomic E-state index is 4.81. The topological polar surface area (TPSA) is 18.5 Å². The van der Waals surface area contributed by atoms with Gasteiger partial charge in [0.2, 0.25) is 0 Å². The van der Waals surface area contributed by atoms with Gasteiger partial charge in [-0.2, -0.15) is 0 Å². The molecule has 1 rings (SSSR count). The van der Waals surface area contributed by atoms with Crippen LogP contribution in [0.5, 0.6) is 0 Å². The first-order chi connectivity index (χ1) is 3.00. The highest BCUT2D eigenvalue weighted by atomic mass is 32.2. The SMILES string of the molecule is C1OCSCO1. The van der Waals surface area contributed by atoms with Crippen molar-refractivity contribution in [2.75, 3.05) is 18.7 Å². The van der Waals surface area contributed by atoms with Crippen LogP contribution in [0, 0.1) is 0 Å². The highest BCUT2D eigenvalue weighted by molar-refractivity contribution is 7.99. The second-order valence-electron chi connectivity index (χ2n) is 0.966. The predicted octanol–water partition coefficient (Wildman–Crippen LogP) is 0.639. The van der Waals surface area contributed by atoms with Gasteiger partial charge in [-0.1, -0.05) is 0 Å². The van der Waals surface area contributed by atoms with Crippen molar-refractivity contribution in [3.63, 3.8) is 0 Å². The summed E-state index contributed by atoms with van der Waals surface area (Å²) < 4.78 is 9.62.